The summed E-state index contributed by atoms with van der Waals surface area (Å²) in [7, 11) is 0. The second-order valence-electron chi connectivity index (χ2n) is 3.47. The van der Waals surface area contributed by atoms with E-state index in [1.807, 2.05) is 6.92 Å². The molecule has 5 heteroatoms. The first kappa shape index (κ1) is 12.9. The fraction of sp³-hybridized carbons (Fsp3) is 0.0833. The van der Waals surface area contributed by atoms with Crippen LogP contribution in [0, 0.1) is 12.7 Å². The molecule has 17 heavy (non-hydrogen) atoms. The molecule has 0 aliphatic carbocycles. The van der Waals surface area contributed by atoms with Gasteiger partial charge < -0.3 is 0 Å². The van der Waals surface area contributed by atoms with Crippen molar-refractivity contribution in [3.8, 4) is 0 Å². The average Bonchev–Trinajstić information content (AvgIpc) is 2.58. The van der Waals surface area contributed by atoms with E-state index >= 15 is 0 Å². The predicted octanol–water partition coefficient (Wildman–Crippen LogP) is 4.95. The Morgan fingerprint density at radius 2 is 2.00 bits per heavy atom. The number of carbonyl (C=O) groups is 1. The van der Waals surface area contributed by atoms with Crippen molar-refractivity contribution in [1.82, 2.24) is 0 Å². The molecule has 2 aromatic rings. The number of halogens is 3. The van der Waals surface area contributed by atoms with Crippen LogP contribution in [0.5, 0.6) is 0 Å². The van der Waals surface area contributed by atoms with Gasteiger partial charge in [0.2, 0.25) is 5.78 Å². The number of aryl methyl sites for hydroxylation is 1. The lowest BCUT2D eigenvalue weighted by atomic mass is 10.1. The van der Waals surface area contributed by atoms with Gasteiger partial charge in [-0.1, -0.05) is 15.9 Å². The SMILES string of the molecule is Cc1sc(C(=O)c2ccc(Br)cc2F)cc1Br. The fourth-order valence-electron chi connectivity index (χ4n) is 1.38. The molecule has 0 saturated heterocycles. The van der Waals surface area contributed by atoms with E-state index < -0.39 is 5.82 Å². The second kappa shape index (κ2) is 5.00. The van der Waals surface area contributed by atoms with Crippen molar-refractivity contribution in [3.05, 3.63) is 54.3 Å². The number of hydrogen-bond acceptors (Lipinski definition) is 2. The number of thiophene rings is 1. The minimum atomic E-state index is -0.508. The molecule has 0 bridgehead atoms. The van der Waals surface area contributed by atoms with Gasteiger partial charge in [-0.15, -0.1) is 11.3 Å². The first-order chi connectivity index (χ1) is 7.99. The van der Waals surface area contributed by atoms with Crippen molar-refractivity contribution in [1.29, 1.82) is 0 Å². The molecule has 0 aliphatic rings. The molecule has 0 N–H and O–H groups in total. The van der Waals surface area contributed by atoms with Gasteiger partial charge in [-0.25, -0.2) is 4.39 Å². The van der Waals surface area contributed by atoms with Crippen LogP contribution in [0.4, 0.5) is 4.39 Å². The molecule has 0 atom stereocenters. The largest absolute Gasteiger partial charge is 0.288 e. The summed E-state index contributed by atoms with van der Waals surface area (Å²) >= 11 is 7.86. The Morgan fingerprint density at radius 1 is 1.29 bits per heavy atom. The van der Waals surface area contributed by atoms with E-state index in [0.717, 1.165) is 9.35 Å². The van der Waals surface area contributed by atoms with E-state index in [9.17, 15) is 9.18 Å². The molecular formula is C12H7Br2FOS. The van der Waals surface area contributed by atoms with E-state index in [1.165, 1.54) is 23.5 Å². The van der Waals surface area contributed by atoms with Gasteiger partial charge in [0.15, 0.2) is 0 Å². The first-order valence-corrected chi connectivity index (χ1v) is 7.15. The monoisotopic (exact) mass is 376 g/mol. The van der Waals surface area contributed by atoms with E-state index in [2.05, 4.69) is 31.9 Å². The lowest BCUT2D eigenvalue weighted by Gasteiger charge is -2.00. The van der Waals surface area contributed by atoms with Gasteiger partial charge in [0.05, 0.1) is 10.4 Å². The molecular weight excluding hydrogens is 371 g/mol. The summed E-state index contributed by atoms with van der Waals surface area (Å²) in [6, 6.07) is 6.17. The summed E-state index contributed by atoms with van der Waals surface area (Å²) in [5.74, 6) is -0.791. The lowest BCUT2D eigenvalue weighted by Crippen LogP contribution is -2.01. The fourth-order valence-corrected chi connectivity index (χ4v) is 3.20. The zero-order valence-electron chi connectivity index (χ0n) is 8.76. The van der Waals surface area contributed by atoms with Crippen molar-refractivity contribution in [2.24, 2.45) is 0 Å². The Balaban J connectivity index is 2.43. The molecule has 1 heterocycles. The van der Waals surface area contributed by atoms with Crippen molar-refractivity contribution in [3.63, 3.8) is 0 Å². The van der Waals surface area contributed by atoms with E-state index in [-0.39, 0.29) is 11.3 Å². The van der Waals surface area contributed by atoms with Gasteiger partial charge in [-0.3, -0.25) is 4.79 Å². The summed E-state index contributed by atoms with van der Waals surface area (Å²) in [5, 5.41) is 0. The zero-order chi connectivity index (χ0) is 12.6. The summed E-state index contributed by atoms with van der Waals surface area (Å²) in [5.41, 5.74) is 0.0990. The molecule has 0 spiro atoms. The van der Waals surface area contributed by atoms with Crippen molar-refractivity contribution < 1.29 is 9.18 Å². The number of rotatable bonds is 2. The van der Waals surface area contributed by atoms with E-state index in [4.69, 9.17) is 0 Å². The number of benzene rings is 1. The quantitative estimate of drug-likeness (QED) is 0.676. The van der Waals surface area contributed by atoms with Gasteiger partial charge in [0, 0.05) is 13.8 Å². The summed E-state index contributed by atoms with van der Waals surface area (Å²) in [4.78, 5) is 13.6. The molecule has 2 rings (SSSR count). The normalized spacial score (nSPS) is 10.6. The Hall–Kier alpha value is -0.520. The van der Waals surface area contributed by atoms with Crippen LogP contribution in [0.15, 0.2) is 33.2 Å². The standard InChI is InChI=1S/C12H7Br2FOS/c1-6-9(14)5-11(17-6)12(16)8-3-2-7(13)4-10(8)15/h2-5H,1H3. The van der Waals surface area contributed by atoms with E-state index in [1.54, 1.807) is 12.1 Å². The van der Waals surface area contributed by atoms with Gasteiger partial charge in [0.25, 0.3) is 0 Å². The highest BCUT2D eigenvalue weighted by molar-refractivity contribution is 9.10. The van der Waals surface area contributed by atoms with Crippen LogP contribution in [-0.4, -0.2) is 5.78 Å². The molecule has 0 saturated carbocycles. The highest BCUT2D eigenvalue weighted by Gasteiger charge is 2.17. The predicted molar refractivity (Wildman–Crippen MR) is 74.3 cm³/mol. The smallest absolute Gasteiger partial charge is 0.205 e. The highest BCUT2D eigenvalue weighted by atomic mass is 79.9. The Morgan fingerprint density at radius 3 is 2.53 bits per heavy atom. The van der Waals surface area contributed by atoms with Gasteiger partial charge in [0.1, 0.15) is 5.82 Å². The van der Waals surface area contributed by atoms with Gasteiger partial charge >= 0.3 is 0 Å². The molecule has 0 amide bonds. The Kier molecular flexibility index (Phi) is 3.80. The third kappa shape index (κ3) is 2.67. The number of hydrogen-bond donors (Lipinski definition) is 0. The third-order valence-corrected chi connectivity index (χ3v) is 4.89. The van der Waals surface area contributed by atoms with Crippen molar-refractivity contribution in [2.45, 2.75) is 6.92 Å². The van der Waals surface area contributed by atoms with Crippen LogP contribution in [0.25, 0.3) is 0 Å². The van der Waals surface area contributed by atoms with Gasteiger partial charge in [-0.05, 0) is 47.1 Å². The molecule has 88 valence electrons. The molecule has 0 unspecified atom stereocenters. The molecule has 0 aliphatic heterocycles. The van der Waals surface area contributed by atoms with Crippen LogP contribution in [-0.2, 0) is 0 Å². The molecule has 1 aromatic heterocycles. The molecule has 1 nitrogen and oxygen atoms in total. The minimum absolute atomic E-state index is 0.0990. The number of carbonyl (C=O) groups excluding carboxylic acids is 1. The maximum Gasteiger partial charge on any atom is 0.205 e. The molecule has 1 aromatic carbocycles. The maximum absolute atomic E-state index is 13.6. The zero-order valence-corrected chi connectivity index (χ0v) is 12.7. The third-order valence-electron chi connectivity index (χ3n) is 2.26. The summed E-state index contributed by atoms with van der Waals surface area (Å²) < 4.78 is 15.1. The van der Waals surface area contributed by atoms with Crippen LogP contribution in [0.3, 0.4) is 0 Å². The lowest BCUT2D eigenvalue weighted by molar-refractivity contribution is 0.103. The van der Waals surface area contributed by atoms with Crippen LogP contribution >= 0.6 is 43.2 Å². The van der Waals surface area contributed by atoms with E-state index in [0.29, 0.717) is 9.35 Å². The van der Waals surface area contributed by atoms with Crippen LogP contribution in [0.1, 0.15) is 20.1 Å². The first-order valence-electron chi connectivity index (χ1n) is 4.74. The van der Waals surface area contributed by atoms with Crippen LogP contribution in [0.2, 0.25) is 0 Å². The molecule has 0 radical (unpaired) electrons. The van der Waals surface area contributed by atoms with Crippen molar-refractivity contribution in [2.75, 3.05) is 0 Å². The second-order valence-corrected chi connectivity index (χ2v) is 6.49. The topological polar surface area (TPSA) is 17.1 Å². The van der Waals surface area contributed by atoms with Gasteiger partial charge in [-0.2, -0.15) is 0 Å². The average molecular weight is 378 g/mol. The molecule has 0 fully saturated rings. The summed E-state index contributed by atoms with van der Waals surface area (Å²) in [6.07, 6.45) is 0. The van der Waals surface area contributed by atoms with Crippen molar-refractivity contribution >= 4 is 49.0 Å². The Labute approximate surface area is 119 Å². The maximum atomic E-state index is 13.6. The highest BCUT2D eigenvalue weighted by Crippen LogP contribution is 2.29. The Bertz CT molecular complexity index is 573. The minimum Gasteiger partial charge on any atom is -0.288 e. The number of ketones is 1. The summed E-state index contributed by atoms with van der Waals surface area (Å²) in [6.45, 7) is 1.91. The van der Waals surface area contributed by atoms with Crippen LogP contribution < -0.4 is 0 Å².